The number of alkyl halides is 1. The van der Waals surface area contributed by atoms with Crippen molar-refractivity contribution >= 4 is 0 Å². The molecule has 2 aliphatic heterocycles. The largest absolute Gasteiger partial charge is 0.493 e. The molecule has 1 saturated heterocycles. The molecule has 190 valence electrons. The minimum Gasteiger partial charge on any atom is -0.493 e. The Morgan fingerprint density at radius 3 is 2.50 bits per heavy atom. The summed E-state index contributed by atoms with van der Waals surface area (Å²) in [5.74, 6) is 1.98. The minimum atomic E-state index is -0.616. The molecule has 0 bridgehead atoms. The molecule has 3 nitrogen and oxygen atoms in total. The second-order valence-corrected chi connectivity index (χ2v) is 10.3. The Balaban J connectivity index is 1.31. The number of halogens is 1. The third kappa shape index (κ3) is 5.59. The zero-order valence-corrected chi connectivity index (χ0v) is 21.7. The third-order valence-electron chi connectivity index (χ3n) is 7.78. The minimum absolute atomic E-state index is 0.616. The van der Waals surface area contributed by atoms with Crippen molar-refractivity contribution in [2.45, 2.75) is 58.5 Å². The van der Waals surface area contributed by atoms with Gasteiger partial charge in [-0.05, 0) is 103 Å². The van der Waals surface area contributed by atoms with E-state index in [2.05, 4.69) is 73.3 Å². The van der Waals surface area contributed by atoms with Gasteiger partial charge in [-0.25, -0.2) is 4.39 Å². The average molecular weight is 488 g/mol. The fourth-order valence-corrected chi connectivity index (χ4v) is 5.56. The first-order chi connectivity index (χ1) is 17.6. The molecule has 2 heterocycles. The summed E-state index contributed by atoms with van der Waals surface area (Å²) >= 11 is 0. The number of rotatable bonds is 7. The van der Waals surface area contributed by atoms with Crippen LogP contribution < -0.4 is 9.47 Å². The van der Waals surface area contributed by atoms with Crippen LogP contribution in [-0.4, -0.2) is 43.9 Å². The maximum Gasteiger partial charge on any atom is 0.123 e. The monoisotopic (exact) mass is 487 g/mol. The summed E-state index contributed by atoms with van der Waals surface area (Å²) in [5, 5.41) is 0. The first kappa shape index (κ1) is 24.8. The molecule has 0 atom stereocenters. The van der Waals surface area contributed by atoms with Crippen molar-refractivity contribution in [2.75, 3.05) is 32.8 Å². The smallest absolute Gasteiger partial charge is 0.123 e. The molecule has 0 radical (unpaired) electrons. The van der Waals surface area contributed by atoms with Crippen molar-refractivity contribution in [3.8, 4) is 33.8 Å². The molecule has 2 aliphatic rings. The van der Waals surface area contributed by atoms with Crippen molar-refractivity contribution in [1.29, 1.82) is 0 Å². The van der Waals surface area contributed by atoms with E-state index in [1.54, 1.807) is 0 Å². The van der Waals surface area contributed by atoms with Crippen LogP contribution in [0, 0.1) is 13.8 Å². The van der Waals surface area contributed by atoms with Gasteiger partial charge in [-0.1, -0.05) is 42.5 Å². The van der Waals surface area contributed by atoms with Gasteiger partial charge in [0.05, 0.1) is 13.2 Å². The summed E-state index contributed by atoms with van der Waals surface area (Å²) < 4.78 is 25.6. The van der Waals surface area contributed by atoms with Crippen LogP contribution in [-0.2, 0) is 6.42 Å². The number of likely N-dealkylation sites (tertiary alicyclic amines) is 1. The third-order valence-corrected chi connectivity index (χ3v) is 7.78. The molecular formula is C32H38FNO2. The average Bonchev–Trinajstić information content (AvgIpc) is 3.14. The van der Waals surface area contributed by atoms with Crippen molar-refractivity contribution in [3.05, 3.63) is 71.3 Å². The lowest BCUT2D eigenvalue weighted by Crippen LogP contribution is -2.35. The molecule has 1 fully saturated rings. The van der Waals surface area contributed by atoms with Gasteiger partial charge in [0, 0.05) is 19.6 Å². The molecule has 0 aliphatic carbocycles. The Morgan fingerprint density at radius 1 is 0.917 bits per heavy atom. The SMILES string of the molecule is Cc1c(OCCCN2CCC(F)CC2)cccc1-c1cccc(-c2ccc3c(c2)OCCCC3)c1C. The van der Waals surface area contributed by atoms with Gasteiger partial charge < -0.3 is 14.4 Å². The Hall–Kier alpha value is -2.85. The molecule has 3 aromatic rings. The van der Waals surface area contributed by atoms with Crippen molar-refractivity contribution in [3.63, 3.8) is 0 Å². The van der Waals surface area contributed by atoms with E-state index in [9.17, 15) is 4.39 Å². The molecular weight excluding hydrogens is 449 g/mol. The fraction of sp³-hybridized carbons (Fsp3) is 0.438. The molecule has 0 aromatic heterocycles. The summed E-state index contributed by atoms with van der Waals surface area (Å²) in [7, 11) is 0. The highest BCUT2D eigenvalue weighted by molar-refractivity contribution is 5.81. The van der Waals surface area contributed by atoms with E-state index < -0.39 is 6.17 Å². The maximum atomic E-state index is 13.4. The normalized spacial score (nSPS) is 16.8. The second-order valence-electron chi connectivity index (χ2n) is 10.3. The van der Waals surface area contributed by atoms with E-state index in [4.69, 9.17) is 9.47 Å². The quantitative estimate of drug-likeness (QED) is 0.321. The van der Waals surface area contributed by atoms with Gasteiger partial charge in [-0.3, -0.25) is 0 Å². The van der Waals surface area contributed by atoms with Gasteiger partial charge in [0.25, 0.3) is 0 Å². The van der Waals surface area contributed by atoms with E-state index >= 15 is 0 Å². The zero-order valence-electron chi connectivity index (χ0n) is 21.7. The lowest BCUT2D eigenvalue weighted by atomic mass is 9.90. The van der Waals surface area contributed by atoms with Crippen LogP contribution in [0.25, 0.3) is 22.3 Å². The van der Waals surface area contributed by atoms with Gasteiger partial charge in [0.1, 0.15) is 17.7 Å². The van der Waals surface area contributed by atoms with Crippen LogP contribution in [0.1, 0.15) is 48.8 Å². The van der Waals surface area contributed by atoms with E-state index in [1.807, 2.05) is 0 Å². The van der Waals surface area contributed by atoms with Crippen LogP contribution in [0.2, 0.25) is 0 Å². The first-order valence-corrected chi connectivity index (χ1v) is 13.5. The van der Waals surface area contributed by atoms with Crippen LogP contribution in [0.5, 0.6) is 11.5 Å². The van der Waals surface area contributed by atoms with Crippen molar-refractivity contribution in [2.24, 2.45) is 0 Å². The standard InChI is InChI=1S/C32H38FNO2/c1-23-28(26-14-13-25-8-3-4-20-36-32(25)22-26)9-5-10-29(23)30-11-6-12-31(24(30)2)35-21-7-17-34-18-15-27(33)16-19-34/h5-6,9-14,22,27H,3-4,7-8,15-21H2,1-2H3. The van der Waals surface area contributed by atoms with Crippen LogP contribution >= 0.6 is 0 Å². The molecule has 0 spiro atoms. The van der Waals surface area contributed by atoms with E-state index in [1.165, 1.54) is 45.4 Å². The lowest BCUT2D eigenvalue weighted by molar-refractivity contribution is 0.143. The summed E-state index contributed by atoms with van der Waals surface area (Å²) in [5.41, 5.74) is 8.65. The Morgan fingerprint density at radius 2 is 1.67 bits per heavy atom. The lowest BCUT2D eigenvalue weighted by Gasteiger charge is -2.28. The molecule has 0 amide bonds. The van der Waals surface area contributed by atoms with Crippen molar-refractivity contribution in [1.82, 2.24) is 4.90 Å². The molecule has 36 heavy (non-hydrogen) atoms. The molecule has 0 unspecified atom stereocenters. The number of nitrogens with zero attached hydrogens (tertiary/aromatic N) is 1. The molecule has 0 saturated carbocycles. The van der Waals surface area contributed by atoms with E-state index in [0.717, 1.165) is 57.0 Å². The number of ether oxygens (including phenoxy) is 2. The molecule has 5 rings (SSSR count). The second kappa shape index (κ2) is 11.5. The highest BCUT2D eigenvalue weighted by Gasteiger charge is 2.18. The Kier molecular flexibility index (Phi) is 7.91. The topological polar surface area (TPSA) is 21.7 Å². The van der Waals surface area contributed by atoms with Gasteiger partial charge in [0.2, 0.25) is 0 Å². The highest BCUT2D eigenvalue weighted by Crippen LogP contribution is 2.38. The fourth-order valence-electron chi connectivity index (χ4n) is 5.56. The van der Waals surface area contributed by atoms with Gasteiger partial charge in [-0.15, -0.1) is 0 Å². The summed E-state index contributed by atoms with van der Waals surface area (Å²) in [4.78, 5) is 2.35. The summed E-state index contributed by atoms with van der Waals surface area (Å²) in [6.07, 6.45) is 5.07. The number of hydrogen-bond donors (Lipinski definition) is 0. The highest BCUT2D eigenvalue weighted by atomic mass is 19.1. The number of benzene rings is 3. The van der Waals surface area contributed by atoms with Gasteiger partial charge in [-0.2, -0.15) is 0 Å². The Labute approximate surface area is 215 Å². The van der Waals surface area contributed by atoms with Crippen LogP contribution in [0.3, 0.4) is 0 Å². The predicted octanol–water partition coefficient (Wildman–Crippen LogP) is 7.56. The maximum absolute atomic E-state index is 13.4. The molecule has 0 N–H and O–H groups in total. The van der Waals surface area contributed by atoms with Crippen LogP contribution in [0.15, 0.2) is 54.6 Å². The Bertz CT molecular complexity index is 1180. The van der Waals surface area contributed by atoms with Gasteiger partial charge >= 0.3 is 0 Å². The summed E-state index contributed by atoms with van der Waals surface area (Å²) in [6.45, 7) is 8.54. The zero-order chi connectivity index (χ0) is 24.9. The van der Waals surface area contributed by atoms with Crippen molar-refractivity contribution < 1.29 is 13.9 Å². The van der Waals surface area contributed by atoms with E-state index in [0.29, 0.717) is 19.4 Å². The molecule has 4 heteroatoms. The van der Waals surface area contributed by atoms with E-state index in [-0.39, 0.29) is 0 Å². The summed E-state index contributed by atoms with van der Waals surface area (Å²) in [6, 6.07) is 19.6. The number of aryl methyl sites for hydroxylation is 1. The number of hydrogen-bond acceptors (Lipinski definition) is 3. The van der Waals surface area contributed by atoms with Gasteiger partial charge in [0.15, 0.2) is 0 Å². The number of fused-ring (bicyclic) bond motifs is 1. The number of piperidine rings is 1. The molecule has 3 aromatic carbocycles. The predicted molar refractivity (Wildman–Crippen MR) is 146 cm³/mol. The van der Waals surface area contributed by atoms with Crippen LogP contribution in [0.4, 0.5) is 4.39 Å². The first-order valence-electron chi connectivity index (χ1n) is 13.5.